The van der Waals surface area contributed by atoms with Crippen molar-refractivity contribution in [3.8, 4) is 5.75 Å². The van der Waals surface area contributed by atoms with Crippen LogP contribution < -0.4 is 4.74 Å². The summed E-state index contributed by atoms with van der Waals surface area (Å²) in [5.74, 6) is 0.582. The van der Waals surface area contributed by atoms with Gasteiger partial charge in [0.25, 0.3) is 5.91 Å². The van der Waals surface area contributed by atoms with E-state index >= 15 is 0 Å². The molecule has 1 heterocycles. The summed E-state index contributed by atoms with van der Waals surface area (Å²) < 4.78 is 5.36. The predicted molar refractivity (Wildman–Crippen MR) is 73.6 cm³/mol. The quantitative estimate of drug-likeness (QED) is 0.886. The van der Waals surface area contributed by atoms with Gasteiger partial charge in [-0.3, -0.25) is 4.79 Å². The van der Waals surface area contributed by atoms with Crippen molar-refractivity contribution in [3.63, 3.8) is 0 Å². The fourth-order valence-corrected chi connectivity index (χ4v) is 2.69. The van der Waals surface area contributed by atoms with Crippen molar-refractivity contribution >= 4 is 5.91 Å². The first kappa shape index (κ1) is 13.9. The molecule has 4 heteroatoms. The molecule has 19 heavy (non-hydrogen) atoms. The summed E-state index contributed by atoms with van der Waals surface area (Å²) in [5, 5.41) is 9.69. The van der Waals surface area contributed by atoms with Gasteiger partial charge in [-0.25, -0.2) is 0 Å². The standard InChI is InChI=1S/C15H21NO3/c1-10-7-11(2)14(19-3)13(8-10)15(18)16-6-4-5-12(17)9-16/h7-8,12,17H,4-6,9H2,1-3H3. The number of piperidine rings is 1. The SMILES string of the molecule is COc1c(C)cc(C)cc1C(=O)N1CCCC(O)C1. The molecule has 0 radical (unpaired) electrons. The smallest absolute Gasteiger partial charge is 0.257 e. The second-order valence-corrected chi connectivity index (χ2v) is 5.21. The van der Waals surface area contributed by atoms with E-state index in [-0.39, 0.29) is 5.91 Å². The number of methoxy groups -OCH3 is 1. The topological polar surface area (TPSA) is 49.8 Å². The lowest BCUT2D eigenvalue weighted by molar-refractivity contribution is 0.0471. The average molecular weight is 263 g/mol. The van der Waals surface area contributed by atoms with Crippen LogP contribution in [0.15, 0.2) is 12.1 Å². The molecule has 0 bridgehead atoms. The number of hydrogen-bond acceptors (Lipinski definition) is 3. The Morgan fingerprint density at radius 2 is 2.16 bits per heavy atom. The number of hydrogen-bond donors (Lipinski definition) is 1. The monoisotopic (exact) mass is 263 g/mol. The molecule has 0 aliphatic carbocycles. The van der Waals surface area contributed by atoms with Gasteiger partial charge < -0.3 is 14.7 Å². The number of benzene rings is 1. The maximum absolute atomic E-state index is 12.6. The Bertz CT molecular complexity index is 485. The Balaban J connectivity index is 2.32. The minimum absolute atomic E-state index is 0.0533. The Morgan fingerprint density at radius 1 is 1.42 bits per heavy atom. The first-order valence-electron chi connectivity index (χ1n) is 6.65. The molecule has 0 saturated carbocycles. The number of aryl methyl sites for hydroxylation is 2. The first-order valence-corrected chi connectivity index (χ1v) is 6.65. The molecule has 1 fully saturated rings. The molecule has 0 aromatic heterocycles. The molecule has 1 unspecified atom stereocenters. The summed E-state index contributed by atoms with van der Waals surface area (Å²) >= 11 is 0. The molecule has 1 aromatic carbocycles. The second-order valence-electron chi connectivity index (χ2n) is 5.21. The largest absolute Gasteiger partial charge is 0.496 e. The predicted octanol–water partition coefficient (Wildman–Crippen LogP) is 1.91. The number of aliphatic hydroxyl groups excluding tert-OH is 1. The number of ether oxygens (including phenoxy) is 1. The van der Waals surface area contributed by atoms with Gasteiger partial charge in [-0.05, 0) is 43.9 Å². The zero-order valence-corrected chi connectivity index (χ0v) is 11.8. The molecule has 1 atom stereocenters. The van der Waals surface area contributed by atoms with Gasteiger partial charge in [0.15, 0.2) is 0 Å². The highest BCUT2D eigenvalue weighted by atomic mass is 16.5. The molecule has 104 valence electrons. The molecule has 1 amide bonds. The van der Waals surface area contributed by atoms with E-state index < -0.39 is 6.10 Å². The maximum atomic E-state index is 12.6. The Kier molecular flexibility index (Phi) is 4.10. The van der Waals surface area contributed by atoms with E-state index in [2.05, 4.69) is 0 Å². The van der Waals surface area contributed by atoms with Crippen molar-refractivity contribution in [1.29, 1.82) is 0 Å². The minimum atomic E-state index is -0.408. The molecule has 2 rings (SSSR count). The lowest BCUT2D eigenvalue weighted by atomic mass is 10.0. The zero-order valence-electron chi connectivity index (χ0n) is 11.8. The Labute approximate surface area is 114 Å². The normalized spacial score (nSPS) is 19.4. The maximum Gasteiger partial charge on any atom is 0.257 e. The Morgan fingerprint density at radius 3 is 2.79 bits per heavy atom. The van der Waals surface area contributed by atoms with Crippen molar-refractivity contribution in [2.24, 2.45) is 0 Å². The van der Waals surface area contributed by atoms with E-state index in [1.807, 2.05) is 26.0 Å². The molecule has 4 nitrogen and oxygen atoms in total. The fraction of sp³-hybridized carbons (Fsp3) is 0.533. The van der Waals surface area contributed by atoms with Gasteiger partial charge in [-0.2, -0.15) is 0 Å². The van der Waals surface area contributed by atoms with Crippen LogP contribution >= 0.6 is 0 Å². The summed E-state index contributed by atoms with van der Waals surface area (Å²) in [5.41, 5.74) is 2.59. The molecule has 1 N–H and O–H groups in total. The van der Waals surface area contributed by atoms with E-state index in [1.54, 1.807) is 12.0 Å². The summed E-state index contributed by atoms with van der Waals surface area (Å²) in [6, 6.07) is 3.86. The summed E-state index contributed by atoms with van der Waals surface area (Å²) in [6.07, 6.45) is 1.21. The van der Waals surface area contributed by atoms with Gasteiger partial charge in [-0.15, -0.1) is 0 Å². The van der Waals surface area contributed by atoms with Crippen LogP contribution in [0.1, 0.15) is 34.3 Å². The molecular formula is C15H21NO3. The van der Waals surface area contributed by atoms with E-state index in [1.165, 1.54) is 0 Å². The lowest BCUT2D eigenvalue weighted by Crippen LogP contribution is -2.42. The highest BCUT2D eigenvalue weighted by molar-refractivity contribution is 5.97. The van der Waals surface area contributed by atoms with Crippen LogP contribution in [0.5, 0.6) is 5.75 Å². The lowest BCUT2D eigenvalue weighted by Gasteiger charge is -2.30. The summed E-state index contributed by atoms with van der Waals surface area (Å²) in [6.45, 7) is 5.02. The Hall–Kier alpha value is -1.55. The van der Waals surface area contributed by atoms with Crippen LogP contribution in [-0.4, -0.2) is 42.2 Å². The van der Waals surface area contributed by atoms with Crippen molar-refractivity contribution in [2.75, 3.05) is 20.2 Å². The molecule has 1 aromatic rings. The zero-order chi connectivity index (χ0) is 14.0. The van der Waals surface area contributed by atoms with Crippen LogP contribution in [0.2, 0.25) is 0 Å². The minimum Gasteiger partial charge on any atom is -0.496 e. The van der Waals surface area contributed by atoms with Gasteiger partial charge in [0, 0.05) is 13.1 Å². The first-order chi connectivity index (χ1) is 9.02. The van der Waals surface area contributed by atoms with Crippen LogP contribution in [0.25, 0.3) is 0 Å². The summed E-state index contributed by atoms with van der Waals surface area (Å²) in [7, 11) is 1.58. The number of likely N-dealkylation sites (tertiary alicyclic amines) is 1. The molecule has 1 aliphatic heterocycles. The van der Waals surface area contributed by atoms with E-state index in [9.17, 15) is 9.90 Å². The molecule has 1 aliphatic rings. The number of nitrogens with zero attached hydrogens (tertiary/aromatic N) is 1. The number of carbonyl (C=O) groups excluding carboxylic acids is 1. The van der Waals surface area contributed by atoms with Gasteiger partial charge in [-0.1, -0.05) is 6.07 Å². The van der Waals surface area contributed by atoms with E-state index in [4.69, 9.17) is 4.74 Å². The number of amides is 1. The summed E-state index contributed by atoms with van der Waals surface area (Å²) in [4.78, 5) is 14.3. The number of rotatable bonds is 2. The van der Waals surface area contributed by atoms with Gasteiger partial charge >= 0.3 is 0 Å². The van der Waals surface area contributed by atoms with Crippen LogP contribution in [0, 0.1) is 13.8 Å². The van der Waals surface area contributed by atoms with Crippen molar-refractivity contribution in [1.82, 2.24) is 4.90 Å². The fourth-order valence-electron chi connectivity index (χ4n) is 2.69. The van der Waals surface area contributed by atoms with Crippen molar-refractivity contribution in [2.45, 2.75) is 32.8 Å². The van der Waals surface area contributed by atoms with Gasteiger partial charge in [0.2, 0.25) is 0 Å². The number of carbonyl (C=O) groups is 1. The molecule has 1 saturated heterocycles. The third kappa shape index (κ3) is 2.89. The average Bonchev–Trinajstić information content (AvgIpc) is 2.37. The van der Waals surface area contributed by atoms with Crippen LogP contribution in [0.3, 0.4) is 0 Å². The van der Waals surface area contributed by atoms with Crippen LogP contribution in [0.4, 0.5) is 0 Å². The molecular weight excluding hydrogens is 242 g/mol. The molecule has 0 spiro atoms. The van der Waals surface area contributed by atoms with Crippen LogP contribution in [-0.2, 0) is 0 Å². The number of aliphatic hydroxyl groups is 1. The van der Waals surface area contributed by atoms with Gasteiger partial charge in [0.05, 0.1) is 18.8 Å². The van der Waals surface area contributed by atoms with Crippen molar-refractivity contribution < 1.29 is 14.6 Å². The third-order valence-corrected chi connectivity index (χ3v) is 3.54. The highest BCUT2D eigenvalue weighted by Gasteiger charge is 2.25. The van der Waals surface area contributed by atoms with Gasteiger partial charge in [0.1, 0.15) is 5.75 Å². The highest BCUT2D eigenvalue weighted by Crippen LogP contribution is 2.27. The number of β-amino-alcohol motifs (C(OH)–C–C–N with tert-alkyl or cyclic N) is 1. The second kappa shape index (κ2) is 5.61. The van der Waals surface area contributed by atoms with E-state index in [0.29, 0.717) is 24.4 Å². The third-order valence-electron chi connectivity index (χ3n) is 3.54. The van der Waals surface area contributed by atoms with E-state index in [0.717, 1.165) is 24.0 Å². The van der Waals surface area contributed by atoms with Crippen molar-refractivity contribution in [3.05, 3.63) is 28.8 Å².